The van der Waals surface area contributed by atoms with Crippen LogP contribution < -0.4 is 5.73 Å². The SMILES string of the molecule is COC1(c2cccc(C(N)=O)c2)[C@@H]2CCC[C@H]1CN(CC1CCS(=O)(=O)CC1)C2. The number of likely N-dealkylation sites (tertiary alicyclic amines) is 1. The number of fused-ring (bicyclic) bond motifs is 2. The van der Waals surface area contributed by atoms with Crippen LogP contribution in [0.1, 0.15) is 48.0 Å². The van der Waals surface area contributed by atoms with E-state index in [2.05, 4.69) is 11.0 Å². The van der Waals surface area contributed by atoms with Crippen LogP contribution in [-0.2, 0) is 20.2 Å². The van der Waals surface area contributed by atoms with Crippen LogP contribution in [0.3, 0.4) is 0 Å². The summed E-state index contributed by atoms with van der Waals surface area (Å²) in [5.41, 5.74) is 6.74. The lowest BCUT2D eigenvalue weighted by atomic mass is 9.62. The van der Waals surface area contributed by atoms with Crippen molar-refractivity contribution < 1.29 is 17.9 Å². The van der Waals surface area contributed by atoms with Gasteiger partial charge < -0.3 is 15.4 Å². The van der Waals surface area contributed by atoms with Crippen LogP contribution in [-0.4, -0.2) is 57.5 Å². The van der Waals surface area contributed by atoms with E-state index in [1.54, 1.807) is 13.2 Å². The van der Waals surface area contributed by atoms with Gasteiger partial charge in [0.15, 0.2) is 0 Å². The van der Waals surface area contributed by atoms with Crippen molar-refractivity contribution in [3.63, 3.8) is 0 Å². The molecule has 160 valence electrons. The number of ether oxygens (including phenoxy) is 1. The van der Waals surface area contributed by atoms with Gasteiger partial charge in [-0.2, -0.15) is 0 Å². The number of nitrogens with zero attached hydrogens (tertiary/aromatic N) is 1. The van der Waals surface area contributed by atoms with Gasteiger partial charge in [-0.25, -0.2) is 8.42 Å². The van der Waals surface area contributed by atoms with Crippen molar-refractivity contribution in [3.8, 4) is 0 Å². The van der Waals surface area contributed by atoms with Gasteiger partial charge in [-0.15, -0.1) is 0 Å². The molecule has 2 N–H and O–H groups in total. The first-order chi connectivity index (χ1) is 13.8. The third-order valence-corrected chi connectivity index (χ3v) is 9.12. The average Bonchev–Trinajstić information content (AvgIpc) is 2.69. The maximum absolute atomic E-state index is 11.7. The van der Waals surface area contributed by atoms with E-state index in [1.807, 2.05) is 12.1 Å². The predicted octanol–water partition coefficient (Wildman–Crippen LogP) is 2.18. The van der Waals surface area contributed by atoms with Gasteiger partial charge in [-0.05, 0) is 49.3 Å². The van der Waals surface area contributed by atoms with Gasteiger partial charge >= 0.3 is 0 Å². The van der Waals surface area contributed by atoms with Gasteiger partial charge in [0, 0.05) is 44.1 Å². The Morgan fingerprint density at radius 1 is 1.17 bits per heavy atom. The van der Waals surface area contributed by atoms with Crippen molar-refractivity contribution in [1.82, 2.24) is 4.90 Å². The molecular formula is C22H32N2O4S. The molecule has 2 bridgehead atoms. The van der Waals surface area contributed by atoms with E-state index in [0.717, 1.165) is 50.9 Å². The molecular weight excluding hydrogens is 388 g/mol. The Bertz CT molecular complexity index is 841. The fourth-order valence-corrected chi connectivity index (χ4v) is 7.59. The van der Waals surface area contributed by atoms with Gasteiger partial charge in [0.1, 0.15) is 15.4 Å². The first-order valence-electron chi connectivity index (χ1n) is 10.7. The molecule has 1 aromatic rings. The smallest absolute Gasteiger partial charge is 0.248 e. The summed E-state index contributed by atoms with van der Waals surface area (Å²) in [5.74, 6) is 1.44. The topological polar surface area (TPSA) is 89.7 Å². The standard InChI is InChI=1S/C22H32N2O4S/c1-28-22(18-5-2-4-17(12-18)21(23)25)19-6-3-7-20(22)15-24(14-19)13-16-8-10-29(26,27)11-9-16/h2,4-5,12,16,19-20H,3,6-11,13-15H2,1H3,(H2,23,25)/t19-,20+,22?. The molecule has 1 aliphatic carbocycles. The lowest BCUT2D eigenvalue weighted by Gasteiger charge is -2.56. The Labute approximate surface area is 173 Å². The Morgan fingerprint density at radius 3 is 2.41 bits per heavy atom. The van der Waals surface area contributed by atoms with Crippen molar-refractivity contribution in [3.05, 3.63) is 35.4 Å². The first-order valence-corrected chi connectivity index (χ1v) is 12.5. The van der Waals surface area contributed by atoms with Crippen LogP contribution in [0.2, 0.25) is 0 Å². The van der Waals surface area contributed by atoms with Crippen LogP contribution in [0.5, 0.6) is 0 Å². The highest BCUT2D eigenvalue weighted by molar-refractivity contribution is 7.91. The number of sulfone groups is 1. The normalized spacial score (nSPS) is 32.7. The maximum atomic E-state index is 11.7. The Kier molecular flexibility index (Phi) is 5.75. The van der Waals surface area contributed by atoms with Crippen molar-refractivity contribution >= 4 is 15.7 Å². The lowest BCUT2D eigenvalue weighted by molar-refractivity contribution is -0.170. The summed E-state index contributed by atoms with van der Waals surface area (Å²) in [4.78, 5) is 14.3. The average molecular weight is 421 g/mol. The molecule has 29 heavy (non-hydrogen) atoms. The number of piperidine rings is 1. The molecule has 0 radical (unpaired) electrons. The largest absolute Gasteiger partial charge is 0.373 e. The number of methoxy groups -OCH3 is 1. The van der Waals surface area contributed by atoms with E-state index in [9.17, 15) is 13.2 Å². The molecule has 3 atom stereocenters. The minimum Gasteiger partial charge on any atom is -0.373 e. The van der Waals surface area contributed by atoms with Crippen molar-refractivity contribution in [2.75, 3.05) is 38.2 Å². The van der Waals surface area contributed by atoms with Crippen LogP contribution >= 0.6 is 0 Å². The van der Waals surface area contributed by atoms with Crippen LogP contribution in [0.4, 0.5) is 0 Å². The van der Waals surface area contributed by atoms with Gasteiger partial charge in [-0.3, -0.25) is 4.79 Å². The van der Waals surface area contributed by atoms with E-state index < -0.39 is 15.7 Å². The molecule has 1 aromatic carbocycles. The minimum atomic E-state index is -2.82. The first kappa shape index (κ1) is 20.8. The Morgan fingerprint density at radius 2 is 1.83 bits per heavy atom. The summed E-state index contributed by atoms with van der Waals surface area (Å²) in [6.07, 6.45) is 4.96. The van der Waals surface area contributed by atoms with Crippen molar-refractivity contribution in [1.29, 1.82) is 0 Å². The Hall–Kier alpha value is -1.44. The molecule has 7 heteroatoms. The number of rotatable bonds is 5. The number of primary amides is 1. The van der Waals surface area contributed by atoms with E-state index in [-0.39, 0.29) is 5.60 Å². The number of hydrogen-bond acceptors (Lipinski definition) is 5. The monoisotopic (exact) mass is 420 g/mol. The minimum absolute atomic E-state index is 0.334. The fraction of sp³-hybridized carbons (Fsp3) is 0.682. The highest BCUT2D eigenvalue weighted by Crippen LogP contribution is 2.51. The second kappa shape index (κ2) is 8.00. The molecule has 3 fully saturated rings. The molecule has 0 aromatic heterocycles. The maximum Gasteiger partial charge on any atom is 0.248 e. The summed E-state index contributed by atoms with van der Waals surface area (Å²) in [6, 6.07) is 7.65. The van der Waals surface area contributed by atoms with E-state index in [1.165, 1.54) is 6.42 Å². The van der Waals surface area contributed by atoms with Gasteiger partial charge in [0.2, 0.25) is 5.91 Å². The van der Waals surface area contributed by atoms with Crippen LogP contribution in [0, 0.1) is 17.8 Å². The summed E-state index contributed by atoms with van der Waals surface area (Å²) in [7, 11) is -1.02. The number of carbonyl (C=O) groups is 1. The van der Waals surface area contributed by atoms with E-state index >= 15 is 0 Å². The quantitative estimate of drug-likeness (QED) is 0.789. The van der Waals surface area contributed by atoms with Crippen LogP contribution in [0.15, 0.2) is 24.3 Å². The number of benzene rings is 1. The number of amides is 1. The number of nitrogens with two attached hydrogens (primary N) is 1. The second-order valence-electron chi connectivity index (χ2n) is 9.08. The zero-order valence-electron chi connectivity index (χ0n) is 17.2. The molecule has 2 heterocycles. The third-order valence-electron chi connectivity index (χ3n) is 7.40. The highest BCUT2D eigenvalue weighted by Gasteiger charge is 2.53. The number of hydrogen-bond donors (Lipinski definition) is 1. The van der Waals surface area contributed by atoms with Crippen molar-refractivity contribution in [2.45, 2.75) is 37.7 Å². The molecule has 1 saturated carbocycles. The third kappa shape index (κ3) is 3.97. The lowest BCUT2D eigenvalue weighted by Crippen LogP contribution is -2.59. The molecule has 1 amide bonds. The summed E-state index contributed by atoms with van der Waals surface area (Å²) < 4.78 is 29.8. The molecule has 0 spiro atoms. The van der Waals surface area contributed by atoms with Gasteiger partial charge in [0.25, 0.3) is 0 Å². The summed E-state index contributed by atoms with van der Waals surface area (Å²) in [5, 5.41) is 0. The van der Waals surface area contributed by atoms with Gasteiger partial charge in [-0.1, -0.05) is 18.6 Å². The van der Waals surface area contributed by atoms with Gasteiger partial charge in [0.05, 0.1) is 11.5 Å². The van der Waals surface area contributed by atoms with E-state index in [4.69, 9.17) is 10.5 Å². The Balaban J connectivity index is 1.54. The molecule has 2 saturated heterocycles. The van der Waals surface area contributed by atoms with Crippen LogP contribution in [0.25, 0.3) is 0 Å². The molecule has 4 rings (SSSR count). The second-order valence-corrected chi connectivity index (χ2v) is 11.4. The number of carbonyl (C=O) groups excluding carboxylic acids is 1. The summed E-state index contributed by atoms with van der Waals surface area (Å²) in [6.45, 7) is 2.88. The predicted molar refractivity (Wildman–Crippen MR) is 112 cm³/mol. The molecule has 6 nitrogen and oxygen atoms in total. The molecule has 3 aliphatic rings. The fourth-order valence-electron chi connectivity index (χ4n) is 6.00. The zero-order valence-corrected chi connectivity index (χ0v) is 18.0. The zero-order chi connectivity index (χ0) is 20.6. The summed E-state index contributed by atoms with van der Waals surface area (Å²) >= 11 is 0. The highest BCUT2D eigenvalue weighted by atomic mass is 32.2. The van der Waals surface area contributed by atoms with E-state index in [0.29, 0.717) is 34.8 Å². The molecule has 2 aliphatic heterocycles. The molecule has 1 unspecified atom stereocenters. The van der Waals surface area contributed by atoms with Crippen molar-refractivity contribution in [2.24, 2.45) is 23.5 Å².